The van der Waals surface area contributed by atoms with Crippen LogP contribution < -0.4 is 5.73 Å². The number of nitrogen functional groups attached to an aromatic ring is 1. The zero-order valence-electron chi connectivity index (χ0n) is 16.2. The van der Waals surface area contributed by atoms with Gasteiger partial charge < -0.3 is 29.0 Å². The van der Waals surface area contributed by atoms with Crippen molar-refractivity contribution in [3.05, 3.63) is 12.7 Å². The Morgan fingerprint density at radius 3 is 2.73 bits per heavy atom. The van der Waals surface area contributed by atoms with E-state index in [1.807, 2.05) is 0 Å². The van der Waals surface area contributed by atoms with Crippen LogP contribution >= 0.6 is 19.0 Å². The molecule has 0 aliphatic carbocycles. The summed E-state index contributed by atoms with van der Waals surface area (Å²) < 4.78 is 30.0. The Morgan fingerprint density at radius 1 is 1.27 bits per heavy atom. The van der Waals surface area contributed by atoms with E-state index in [1.165, 1.54) is 26.5 Å². The molecular formula is C16H20N5O7PS. The molecule has 0 amide bonds. The molecule has 0 saturated carbocycles. The molecule has 5 atom stereocenters. The third kappa shape index (κ3) is 4.35. The van der Waals surface area contributed by atoms with E-state index in [-0.39, 0.29) is 12.4 Å². The zero-order valence-corrected chi connectivity index (χ0v) is 17.9. The maximum Gasteiger partial charge on any atom is 0.303 e. The van der Waals surface area contributed by atoms with Crippen LogP contribution in [0.2, 0.25) is 0 Å². The number of hydrogen-bond donors (Lipinski definition) is 1. The molecular weight excluding hydrogens is 437 g/mol. The Kier molecular flexibility index (Phi) is 6.34. The number of ether oxygens (including phenoxy) is 3. The number of nitrogens with two attached hydrogens (primary N) is 1. The van der Waals surface area contributed by atoms with Crippen LogP contribution in [-0.2, 0) is 32.8 Å². The predicted octanol–water partition coefficient (Wildman–Crippen LogP) is 1.18. The second-order valence-corrected chi connectivity index (χ2v) is 9.78. The highest BCUT2D eigenvalue weighted by atomic mass is 32.7. The molecule has 162 valence electrons. The van der Waals surface area contributed by atoms with Gasteiger partial charge in [-0.1, -0.05) is 11.4 Å². The summed E-state index contributed by atoms with van der Waals surface area (Å²) in [5, 5.41) is 0. The number of carbonyl (C=O) groups excluding carboxylic acids is 2. The van der Waals surface area contributed by atoms with Gasteiger partial charge in [0.25, 0.3) is 0 Å². The van der Waals surface area contributed by atoms with E-state index in [0.717, 1.165) is 5.75 Å². The molecule has 30 heavy (non-hydrogen) atoms. The fourth-order valence-corrected chi connectivity index (χ4v) is 5.93. The summed E-state index contributed by atoms with van der Waals surface area (Å²) in [5.41, 5.74) is 6.64. The summed E-state index contributed by atoms with van der Waals surface area (Å²) >= 11 is 1.58. The molecule has 4 heterocycles. The first kappa shape index (κ1) is 21.2. The number of fused-ring (bicyclic) bond motifs is 1. The van der Waals surface area contributed by atoms with Crippen LogP contribution in [0.25, 0.3) is 11.2 Å². The van der Waals surface area contributed by atoms with Crippen molar-refractivity contribution in [3.8, 4) is 0 Å². The Hall–Kier alpha value is -2.05. The fourth-order valence-electron chi connectivity index (χ4n) is 3.24. The van der Waals surface area contributed by atoms with Gasteiger partial charge in [-0.05, 0) is 0 Å². The van der Waals surface area contributed by atoms with E-state index in [0.29, 0.717) is 17.8 Å². The van der Waals surface area contributed by atoms with E-state index in [9.17, 15) is 9.59 Å². The van der Waals surface area contributed by atoms with Gasteiger partial charge in [0.05, 0.1) is 19.5 Å². The van der Waals surface area contributed by atoms with E-state index in [1.54, 1.807) is 15.9 Å². The summed E-state index contributed by atoms with van der Waals surface area (Å²) in [7, 11) is -1.09. The van der Waals surface area contributed by atoms with Crippen molar-refractivity contribution >= 4 is 47.9 Å². The lowest BCUT2D eigenvalue weighted by Gasteiger charge is -2.24. The average Bonchev–Trinajstić information content (AvgIpc) is 3.40. The van der Waals surface area contributed by atoms with Crippen LogP contribution in [0.4, 0.5) is 5.82 Å². The molecule has 2 aromatic rings. The maximum atomic E-state index is 11.8. The highest BCUT2D eigenvalue weighted by molar-refractivity contribution is 8.53. The van der Waals surface area contributed by atoms with Crippen LogP contribution in [0.3, 0.4) is 0 Å². The topological polar surface area (TPSA) is 150 Å². The van der Waals surface area contributed by atoms with E-state index in [2.05, 4.69) is 15.0 Å². The lowest BCUT2D eigenvalue weighted by Crippen LogP contribution is -2.40. The highest BCUT2D eigenvalue weighted by Gasteiger charge is 2.51. The van der Waals surface area contributed by atoms with Crippen molar-refractivity contribution < 1.29 is 32.8 Å². The van der Waals surface area contributed by atoms with Gasteiger partial charge in [-0.2, -0.15) is 0 Å². The molecule has 1 unspecified atom stereocenters. The number of nitrogens with zero attached hydrogens (tertiary/aromatic N) is 4. The Labute approximate surface area is 176 Å². The summed E-state index contributed by atoms with van der Waals surface area (Å²) in [4.78, 5) is 35.9. The minimum atomic E-state index is -1.09. The summed E-state index contributed by atoms with van der Waals surface area (Å²) in [5.74, 6) is -0.0307. The minimum absolute atomic E-state index is 0.0919. The second kappa shape index (κ2) is 8.98. The molecule has 0 bridgehead atoms. The number of esters is 2. The van der Waals surface area contributed by atoms with Crippen LogP contribution in [0.1, 0.15) is 20.1 Å². The Balaban J connectivity index is 1.65. The van der Waals surface area contributed by atoms with Crippen LogP contribution in [0.15, 0.2) is 12.7 Å². The predicted molar refractivity (Wildman–Crippen MR) is 106 cm³/mol. The molecule has 2 saturated heterocycles. The first-order chi connectivity index (χ1) is 14.4. The molecule has 0 aromatic carbocycles. The third-order valence-electron chi connectivity index (χ3n) is 4.37. The average molecular weight is 457 g/mol. The number of aromatic nitrogens is 4. The van der Waals surface area contributed by atoms with Crippen LogP contribution in [0, 0.1) is 0 Å². The number of hydrogen-bond acceptors (Lipinski definition) is 12. The molecule has 0 radical (unpaired) electrons. The SMILES string of the molecule is CC(=O)O[C@@H]1[C@H](OC(C)=O)[C@@H](COP2OCCS2)O[C@H]1n1cnc2c(N)ncnc21. The minimum Gasteiger partial charge on any atom is -0.456 e. The van der Waals surface area contributed by atoms with Gasteiger partial charge in [-0.25, -0.2) is 15.0 Å². The van der Waals surface area contributed by atoms with Gasteiger partial charge in [-0.15, -0.1) is 0 Å². The maximum absolute atomic E-state index is 11.8. The van der Waals surface area contributed by atoms with Crippen molar-refractivity contribution in [3.63, 3.8) is 0 Å². The first-order valence-corrected chi connectivity index (χ1v) is 11.8. The van der Waals surface area contributed by atoms with Crippen molar-refractivity contribution in [1.29, 1.82) is 0 Å². The largest absolute Gasteiger partial charge is 0.456 e. The molecule has 12 nitrogen and oxygen atoms in total. The zero-order chi connectivity index (χ0) is 21.3. The molecule has 2 fully saturated rings. The number of rotatable bonds is 6. The highest BCUT2D eigenvalue weighted by Crippen LogP contribution is 2.56. The molecule has 2 N–H and O–H groups in total. The Bertz CT molecular complexity index is 940. The van der Waals surface area contributed by atoms with Crippen molar-refractivity contribution in [2.75, 3.05) is 24.7 Å². The van der Waals surface area contributed by atoms with Gasteiger partial charge in [0, 0.05) is 19.6 Å². The number of anilines is 1. The van der Waals surface area contributed by atoms with Gasteiger partial charge in [0.15, 0.2) is 29.9 Å². The van der Waals surface area contributed by atoms with E-state index >= 15 is 0 Å². The lowest BCUT2D eigenvalue weighted by molar-refractivity contribution is -0.165. The molecule has 14 heteroatoms. The molecule has 2 aliphatic rings. The van der Waals surface area contributed by atoms with Gasteiger partial charge in [-0.3, -0.25) is 14.2 Å². The fraction of sp³-hybridized carbons (Fsp3) is 0.562. The van der Waals surface area contributed by atoms with Crippen LogP contribution in [0.5, 0.6) is 0 Å². The monoisotopic (exact) mass is 457 g/mol. The summed E-state index contributed by atoms with van der Waals surface area (Å²) in [6.45, 7) is 3.26. The summed E-state index contributed by atoms with van der Waals surface area (Å²) in [6, 6.07) is 0. The normalized spacial score (nSPS) is 28.7. The number of carbonyl (C=O) groups is 2. The standard InChI is InChI=1S/C16H20N5O7PS/c1-8(22)26-12-10(5-25-29-24-3-4-30-29)28-16(13(12)27-9(2)23)21-7-20-11-14(17)18-6-19-15(11)21/h6-7,10,12-13,16H,3-5H2,1-2H3,(H2,17,18,19)/t10-,12-,13-,16-,29?/m1/s1. The lowest BCUT2D eigenvalue weighted by atomic mass is 10.1. The van der Waals surface area contributed by atoms with Gasteiger partial charge in [0.2, 0.25) is 7.58 Å². The quantitative estimate of drug-likeness (QED) is 0.490. The first-order valence-electron chi connectivity index (χ1n) is 9.06. The molecule has 4 rings (SSSR count). The third-order valence-corrected chi connectivity index (χ3v) is 7.50. The van der Waals surface area contributed by atoms with Crippen LogP contribution in [-0.4, -0.2) is 68.7 Å². The second-order valence-electron chi connectivity index (χ2n) is 6.48. The Morgan fingerprint density at radius 2 is 2.03 bits per heavy atom. The van der Waals surface area contributed by atoms with E-state index in [4.69, 9.17) is 29.0 Å². The van der Waals surface area contributed by atoms with Crippen molar-refractivity contribution in [1.82, 2.24) is 19.5 Å². The van der Waals surface area contributed by atoms with E-state index < -0.39 is 44.1 Å². The number of imidazole rings is 1. The molecule has 2 aliphatic heterocycles. The molecule has 2 aromatic heterocycles. The van der Waals surface area contributed by atoms with Crippen molar-refractivity contribution in [2.24, 2.45) is 0 Å². The smallest absolute Gasteiger partial charge is 0.303 e. The van der Waals surface area contributed by atoms with Crippen molar-refractivity contribution in [2.45, 2.75) is 38.4 Å². The van der Waals surface area contributed by atoms with Gasteiger partial charge >= 0.3 is 11.9 Å². The molecule has 0 spiro atoms. The summed E-state index contributed by atoms with van der Waals surface area (Å²) in [6.07, 6.45) is -0.643. The van der Waals surface area contributed by atoms with Gasteiger partial charge in [0.1, 0.15) is 17.9 Å².